The molecule has 5 rings (SSSR count). The zero-order chi connectivity index (χ0) is 28.0. The van der Waals surface area contributed by atoms with Crippen LogP contribution in [0.4, 0.5) is 21.6 Å². The highest BCUT2D eigenvalue weighted by atomic mass is 19.1. The summed E-state index contributed by atoms with van der Waals surface area (Å²) in [6, 6.07) is 11.2. The third kappa shape index (κ3) is 4.56. The van der Waals surface area contributed by atoms with Crippen molar-refractivity contribution >= 4 is 34.0 Å². The van der Waals surface area contributed by atoms with Gasteiger partial charge in [-0.15, -0.1) is 0 Å². The maximum atomic E-state index is 15.1. The molecule has 0 atom stereocenters. The van der Waals surface area contributed by atoms with E-state index in [-0.39, 0.29) is 46.5 Å². The van der Waals surface area contributed by atoms with Crippen molar-refractivity contribution in [2.45, 2.75) is 59.5 Å². The third-order valence-electron chi connectivity index (χ3n) is 7.07. The lowest BCUT2D eigenvalue weighted by Crippen LogP contribution is -2.41. The number of hydrogen-bond donors (Lipinski definition) is 2. The van der Waals surface area contributed by atoms with Crippen LogP contribution in [0.2, 0.25) is 0 Å². The maximum absolute atomic E-state index is 15.1. The first kappa shape index (κ1) is 26.1. The number of rotatable bonds is 7. The number of fused-ring (bicyclic) bond motifs is 1. The van der Waals surface area contributed by atoms with Crippen LogP contribution in [0.5, 0.6) is 0 Å². The van der Waals surface area contributed by atoms with Gasteiger partial charge in [-0.3, -0.25) is 28.1 Å². The molecule has 10 heteroatoms. The number of pyridine rings is 1. The number of amides is 1. The van der Waals surface area contributed by atoms with E-state index >= 15 is 4.39 Å². The molecule has 2 heterocycles. The summed E-state index contributed by atoms with van der Waals surface area (Å²) in [4.78, 5) is 53.2. The molecule has 0 bridgehead atoms. The van der Waals surface area contributed by atoms with E-state index in [0.717, 1.165) is 5.56 Å². The number of aromatic nitrogens is 3. The Bertz CT molecular complexity index is 1810. The second kappa shape index (κ2) is 10.0. The topological polar surface area (TPSA) is 107 Å². The quantitative estimate of drug-likeness (QED) is 0.368. The van der Waals surface area contributed by atoms with Gasteiger partial charge >= 0.3 is 5.69 Å². The number of halogens is 1. The van der Waals surface area contributed by atoms with Gasteiger partial charge in [0, 0.05) is 30.8 Å². The summed E-state index contributed by atoms with van der Waals surface area (Å²) >= 11 is 0. The molecule has 2 aromatic carbocycles. The van der Waals surface area contributed by atoms with Crippen LogP contribution in [0.3, 0.4) is 0 Å². The summed E-state index contributed by atoms with van der Waals surface area (Å²) in [5.41, 5.74) is 0.595. The first-order chi connectivity index (χ1) is 18.7. The van der Waals surface area contributed by atoms with E-state index in [1.807, 2.05) is 6.92 Å². The molecule has 39 heavy (non-hydrogen) atoms. The minimum absolute atomic E-state index is 0.113. The van der Waals surface area contributed by atoms with Crippen molar-refractivity contribution in [1.29, 1.82) is 0 Å². The molecule has 202 valence electrons. The van der Waals surface area contributed by atoms with E-state index in [4.69, 9.17) is 0 Å². The van der Waals surface area contributed by atoms with E-state index in [2.05, 4.69) is 10.6 Å². The van der Waals surface area contributed by atoms with Crippen LogP contribution in [0.25, 0.3) is 16.6 Å². The van der Waals surface area contributed by atoms with Gasteiger partial charge in [0.2, 0.25) is 5.91 Å². The van der Waals surface area contributed by atoms with E-state index in [1.54, 1.807) is 50.2 Å². The Morgan fingerprint density at radius 1 is 1.05 bits per heavy atom. The van der Waals surface area contributed by atoms with Gasteiger partial charge in [0.25, 0.3) is 11.1 Å². The van der Waals surface area contributed by atoms with Gasteiger partial charge in [0.1, 0.15) is 17.0 Å². The standard InChI is InChI=1S/C29H30FN5O4/c1-5-18-10-13-23(22(30)14-18)32-26-24-25(16(3)27(37)33(26)6-2)34(29(39)35(28(24)38)20-11-12-20)21-9-7-8-19(15-21)31-17(4)36/h7-10,13-15,20,32H,5-6,11-12H2,1-4H3,(H,31,36). The minimum atomic E-state index is -0.573. The lowest BCUT2D eigenvalue weighted by atomic mass is 10.1. The normalized spacial score (nSPS) is 13.1. The number of carbonyl (C=O) groups excluding carboxylic acids is 1. The Morgan fingerprint density at radius 2 is 1.79 bits per heavy atom. The second-order valence-corrected chi connectivity index (χ2v) is 9.80. The van der Waals surface area contributed by atoms with Crippen LogP contribution in [-0.2, 0) is 17.8 Å². The molecule has 9 nitrogen and oxygen atoms in total. The highest BCUT2D eigenvalue weighted by Crippen LogP contribution is 2.34. The molecule has 2 N–H and O–H groups in total. The molecule has 2 aromatic heterocycles. The van der Waals surface area contributed by atoms with E-state index in [1.165, 1.54) is 26.7 Å². The summed E-state index contributed by atoms with van der Waals surface area (Å²) in [6.45, 7) is 6.85. The highest BCUT2D eigenvalue weighted by Gasteiger charge is 2.32. The van der Waals surface area contributed by atoms with Crippen molar-refractivity contribution in [3.8, 4) is 5.69 Å². The molecule has 0 unspecified atom stereocenters. The predicted molar refractivity (Wildman–Crippen MR) is 150 cm³/mol. The molecule has 1 aliphatic rings. The molecule has 1 saturated carbocycles. The molecule has 1 fully saturated rings. The zero-order valence-corrected chi connectivity index (χ0v) is 22.3. The molecular formula is C29H30FN5O4. The Hall–Kier alpha value is -4.47. The average Bonchev–Trinajstić information content (AvgIpc) is 3.73. The summed E-state index contributed by atoms with van der Waals surface area (Å²) in [5, 5.41) is 5.84. The zero-order valence-electron chi connectivity index (χ0n) is 22.3. The fraction of sp³-hybridized carbons (Fsp3) is 0.310. The lowest BCUT2D eigenvalue weighted by Gasteiger charge is -2.22. The van der Waals surface area contributed by atoms with Crippen LogP contribution in [0, 0.1) is 12.7 Å². The second-order valence-electron chi connectivity index (χ2n) is 9.80. The van der Waals surface area contributed by atoms with Crippen molar-refractivity contribution in [3.05, 3.63) is 90.6 Å². The Balaban J connectivity index is 1.90. The number of benzene rings is 2. The van der Waals surface area contributed by atoms with Gasteiger partial charge in [-0.1, -0.05) is 19.1 Å². The largest absolute Gasteiger partial charge is 0.338 e. The van der Waals surface area contributed by atoms with Crippen molar-refractivity contribution in [1.82, 2.24) is 13.7 Å². The van der Waals surface area contributed by atoms with E-state index < -0.39 is 22.6 Å². The monoisotopic (exact) mass is 531 g/mol. The summed E-state index contributed by atoms with van der Waals surface area (Å²) < 4.78 is 19.1. The highest BCUT2D eigenvalue weighted by molar-refractivity contribution is 5.94. The molecule has 4 aromatic rings. The number of carbonyl (C=O) groups is 1. The molecular weight excluding hydrogens is 501 g/mol. The summed E-state index contributed by atoms with van der Waals surface area (Å²) in [5.74, 6) is -0.675. The fourth-order valence-corrected chi connectivity index (χ4v) is 4.99. The van der Waals surface area contributed by atoms with Crippen molar-refractivity contribution in [2.24, 2.45) is 0 Å². The van der Waals surface area contributed by atoms with Crippen molar-refractivity contribution in [3.63, 3.8) is 0 Å². The van der Waals surface area contributed by atoms with Crippen molar-refractivity contribution < 1.29 is 9.18 Å². The van der Waals surface area contributed by atoms with Gasteiger partial charge in [0.15, 0.2) is 0 Å². The summed E-state index contributed by atoms with van der Waals surface area (Å²) in [7, 11) is 0. The van der Waals surface area contributed by atoms with Gasteiger partial charge in [0.05, 0.1) is 16.9 Å². The minimum Gasteiger partial charge on any atom is -0.338 e. The number of anilines is 3. The maximum Gasteiger partial charge on any atom is 0.336 e. The molecule has 0 aliphatic heterocycles. The number of nitrogens with zero attached hydrogens (tertiary/aromatic N) is 3. The van der Waals surface area contributed by atoms with Crippen LogP contribution >= 0.6 is 0 Å². The van der Waals surface area contributed by atoms with Gasteiger partial charge in [-0.25, -0.2) is 9.18 Å². The first-order valence-electron chi connectivity index (χ1n) is 13.0. The summed E-state index contributed by atoms with van der Waals surface area (Å²) in [6.07, 6.45) is 2.00. The number of hydrogen-bond acceptors (Lipinski definition) is 5. The third-order valence-corrected chi connectivity index (χ3v) is 7.07. The predicted octanol–water partition coefficient (Wildman–Crippen LogP) is 4.38. The fourth-order valence-electron chi connectivity index (χ4n) is 4.99. The van der Waals surface area contributed by atoms with Gasteiger partial charge in [-0.05, 0) is 69.0 Å². The molecule has 0 spiro atoms. The molecule has 1 aliphatic carbocycles. The smallest absolute Gasteiger partial charge is 0.336 e. The van der Waals surface area contributed by atoms with Crippen molar-refractivity contribution in [2.75, 3.05) is 10.6 Å². The average molecular weight is 532 g/mol. The Labute approximate surface area is 223 Å². The van der Waals surface area contributed by atoms with Crippen LogP contribution in [-0.4, -0.2) is 19.6 Å². The van der Waals surface area contributed by atoms with Gasteiger partial charge in [-0.2, -0.15) is 0 Å². The number of nitrogens with one attached hydrogen (secondary N) is 2. The number of aryl methyl sites for hydroxylation is 2. The van der Waals surface area contributed by atoms with Crippen LogP contribution in [0.1, 0.15) is 50.8 Å². The lowest BCUT2D eigenvalue weighted by molar-refractivity contribution is -0.114. The van der Waals surface area contributed by atoms with E-state index in [9.17, 15) is 19.2 Å². The SMILES string of the molecule is CCc1ccc(Nc2c3c(=O)n(C4CC4)c(=O)n(-c4cccc(NC(C)=O)c4)c3c(C)c(=O)n2CC)c(F)c1. The molecule has 0 radical (unpaired) electrons. The first-order valence-corrected chi connectivity index (χ1v) is 13.0. The van der Waals surface area contributed by atoms with Crippen LogP contribution in [0.15, 0.2) is 56.8 Å². The Kier molecular flexibility index (Phi) is 6.71. The Morgan fingerprint density at radius 3 is 2.41 bits per heavy atom. The molecule has 0 saturated heterocycles. The molecule has 1 amide bonds. The van der Waals surface area contributed by atoms with Crippen LogP contribution < -0.4 is 27.4 Å². The van der Waals surface area contributed by atoms with E-state index in [0.29, 0.717) is 30.6 Å². The van der Waals surface area contributed by atoms with Gasteiger partial charge < -0.3 is 10.6 Å².